The number of hydrogen-bond donors (Lipinski definition) is 3. The minimum absolute atomic E-state index is 0.0457. The second kappa shape index (κ2) is 8.36. The quantitative estimate of drug-likeness (QED) is 0.219. The molecule has 0 aliphatic carbocycles. The van der Waals surface area contributed by atoms with Gasteiger partial charge in [-0.3, -0.25) is 14.5 Å². The molecule has 1 aliphatic heterocycles. The number of aromatic nitrogens is 1. The van der Waals surface area contributed by atoms with Crippen molar-refractivity contribution < 1.29 is 24.5 Å². The van der Waals surface area contributed by atoms with Crippen LogP contribution in [0.25, 0.3) is 16.7 Å². The number of anilines is 1. The van der Waals surface area contributed by atoms with Crippen LogP contribution in [-0.4, -0.2) is 34.0 Å². The van der Waals surface area contributed by atoms with Crippen LogP contribution >= 0.6 is 0 Å². The van der Waals surface area contributed by atoms with E-state index in [1.165, 1.54) is 11.0 Å². The van der Waals surface area contributed by atoms with E-state index < -0.39 is 17.7 Å². The third-order valence-corrected chi connectivity index (χ3v) is 6.50. The Balaban J connectivity index is 1.81. The zero-order valence-corrected chi connectivity index (χ0v) is 19.5. The molecule has 3 N–H and O–H groups in total. The first-order valence-electron chi connectivity index (χ1n) is 11.1. The molecule has 1 fully saturated rings. The molecular formula is C28H24N2O5. The summed E-state index contributed by atoms with van der Waals surface area (Å²) in [7, 11) is 1.57. The lowest BCUT2D eigenvalue weighted by Gasteiger charge is -2.25. The van der Waals surface area contributed by atoms with Crippen molar-refractivity contribution >= 4 is 34.0 Å². The third kappa shape index (κ3) is 3.44. The zero-order valence-electron chi connectivity index (χ0n) is 19.5. The minimum Gasteiger partial charge on any atom is -0.507 e. The number of benzene rings is 3. The molecule has 5 rings (SSSR count). The third-order valence-electron chi connectivity index (χ3n) is 6.50. The van der Waals surface area contributed by atoms with Crippen LogP contribution in [0.15, 0.2) is 72.4 Å². The number of fused-ring (bicyclic) bond motifs is 1. The number of Topliss-reactive ketones (excluding diaryl/α,β-unsaturated/α-hetero) is 1. The number of methoxy groups -OCH3 is 1. The number of aromatic amines is 1. The summed E-state index contributed by atoms with van der Waals surface area (Å²) in [4.78, 5) is 31.3. The second-order valence-corrected chi connectivity index (χ2v) is 8.58. The van der Waals surface area contributed by atoms with E-state index in [0.29, 0.717) is 22.4 Å². The van der Waals surface area contributed by atoms with Crippen molar-refractivity contribution in [1.29, 1.82) is 0 Å². The molecular weight excluding hydrogens is 444 g/mol. The van der Waals surface area contributed by atoms with Crippen molar-refractivity contribution in [2.75, 3.05) is 12.0 Å². The average molecular weight is 469 g/mol. The van der Waals surface area contributed by atoms with Gasteiger partial charge < -0.3 is 19.9 Å². The maximum atomic E-state index is 13.5. The molecule has 35 heavy (non-hydrogen) atoms. The van der Waals surface area contributed by atoms with Crippen LogP contribution in [0.3, 0.4) is 0 Å². The molecule has 0 saturated carbocycles. The molecule has 7 heteroatoms. The number of aryl methyl sites for hydroxylation is 2. The van der Waals surface area contributed by atoms with Crippen LogP contribution in [-0.2, 0) is 9.59 Å². The fourth-order valence-electron chi connectivity index (χ4n) is 4.77. The van der Waals surface area contributed by atoms with Gasteiger partial charge in [-0.2, -0.15) is 0 Å². The van der Waals surface area contributed by atoms with Gasteiger partial charge in [0.15, 0.2) is 0 Å². The number of ether oxygens (including phenoxy) is 1. The molecule has 3 aromatic carbocycles. The lowest BCUT2D eigenvalue weighted by Crippen LogP contribution is -2.29. The largest absolute Gasteiger partial charge is 0.507 e. The van der Waals surface area contributed by atoms with Crippen molar-refractivity contribution in [2.24, 2.45) is 0 Å². The van der Waals surface area contributed by atoms with E-state index in [4.69, 9.17) is 4.74 Å². The molecule has 1 saturated heterocycles. The Labute approximate surface area is 201 Å². The van der Waals surface area contributed by atoms with Crippen molar-refractivity contribution in [2.45, 2.75) is 19.9 Å². The molecule has 1 aliphatic rings. The predicted octanol–water partition coefficient (Wildman–Crippen LogP) is 5.13. The number of H-pyrrole nitrogens is 1. The van der Waals surface area contributed by atoms with Crippen LogP contribution in [0.1, 0.15) is 28.3 Å². The van der Waals surface area contributed by atoms with E-state index in [2.05, 4.69) is 4.98 Å². The van der Waals surface area contributed by atoms with Gasteiger partial charge in [0.2, 0.25) is 0 Å². The summed E-state index contributed by atoms with van der Waals surface area (Å²) < 4.78 is 5.38. The lowest BCUT2D eigenvalue weighted by atomic mass is 9.92. The first-order valence-corrected chi connectivity index (χ1v) is 11.1. The average Bonchev–Trinajstić information content (AvgIpc) is 3.39. The fraction of sp³-hybridized carbons (Fsp3) is 0.143. The van der Waals surface area contributed by atoms with E-state index in [1.807, 2.05) is 31.2 Å². The van der Waals surface area contributed by atoms with E-state index in [0.717, 1.165) is 16.5 Å². The number of amides is 1. The Hall–Kier alpha value is -4.52. The number of ketones is 1. The van der Waals surface area contributed by atoms with Gasteiger partial charge in [0.05, 0.1) is 24.4 Å². The number of nitrogens with zero attached hydrogens (tertiary/aromatic N) is 1. The van der Waals surface area contributed by atoms with Gasteiger partial charge in [-0.15, -0.1) is 0 Å². The second-order valence-electron chi connectivity index (χ2n) is 8.58. The molecule has 0 spiro atoms. The number of para-hydroxylation sites is 3. The van der Waals surface area contributed by atoms with Gasteiger partial charge >= 0.3 is 0 Å². The van der Waals surface area contributed by atoms with Gasteiger partial charge in [-0.1, -0.05) is 30.3 Å². The summed E-state index contributed by atoms with van der Waals surface area (Å²) in [5.74, 6) is -1.42. The molecule has 7 nitrogen and oxygen atoms in total. The highest BCUT2D eigenvalue weighted by molar-refractivity contribution is 6.52. The Bertz CT molecular complexity index is 1530. The number of carbonyl (C=O) groups excluding carboxylic acids is 2. The maximum Gasteiger partial charge on any atom is 0.300 e. The van der Waals surface area contributed by atoms with Crippen molar-refractivity contribution in [3.63, 3.8) is 0 Å². The van der Waals surface area contributed by atoms with Gasteiger partial charge in [-0.05, 0) is 55.3 Å². The number of carbonyl (C=O) groups is 2. The van der Waals surface area contributed by atoms with Crippen LogP contribution in [0.2, 0.25) is 0 Å². The summed E-state index contributed by atoms with van der Waals surface area (Å²) in [6.07, 6.45) is 1.73. The highest BCUT2D eigenvalue weighted by atomic mass is 16.5. The highest BCUT2D eigenvalue weighted by Crippen LogP contribution is 2.46. The van der Waals surface area contributed by atoms with Crippen molar-refractivity contribution in [3.8, 4) is 11.5 Å². The molecule has 0 radical (unpaired) electrons. The Kier molecular flexibility index (Phi) is 5.32. The Morgan fingerprint density at radius 3 is 2.46 bits per heavy atom. The summed E-state index contributed by atoms with van der Waals surface area (Å²) in [6, 6.07) is 16.4. The van der Waals surface area contributed by atoms with E-state index in [1.54, 1.807) is 50.6 Å². The Morgan fingerprint density at radius 2 is 1.71 bits per heavy atom. The van der Waals surface area contributed by atoms with Gasteiger partial charge in [-0.25, -0.2) is 0 Å². The van der Waals surface area contributed by atoms with Crippen molar-refractivity contribution in [3.05, 3.63) is 94.7 Å². The van der Waals surface area contributed by atoms with Gasteiger partial charge in [0.25, 0.3) is 11.7 Å². The van der Waals surface area contributed by atoms with Crippen LogP contribution in [0, 0.1) is 13.8 Å². The molecule has 176 valence electrons. The summed E-state index contributed by atoms with van der Waals surface area (Å²) in [5.41, 5.74) is 3.50. The molecule has 0 bridgehead atoms. The van der Waals surface area contributed by atoms with Gasteiger partial charge in [0.1, 0.15) is 17.3 Å². The number of aliphatic hydroxyl groups excluding tert-OH is 1. The van der Waals surface area contributed by atoms with Crippen LogP contribution in [0.5, 0.6) is 11.5 Å². The highest BCUT2D eigenvalue weighted by Gasteiger charge is 2.48. The predicted molar refractivity (Wildman–Crippen MR) is 134 cm³/mol. The normalized spacial score (nSPS) is 17.3. The molecule has 1 unspecified atom stereocenters. The maximum absolute atomic E-state index is 13.5. The summed E-state index contributed by atoms with van der Waals surface area (Å²) >= 11 is 0. The lowest BCUT2D eigenvalue weighted by molar-refractivity contribution is -0.132. The van der Waals surface area contributed by atoms with E-state index in [9.17, 15) is 19.8 Å². The number of nitrogens with one attached hydrogen (secondary N) is 1. The van der Waals surface area contributed by atoms with Crippen molar-refractivity contribution in [1.82, 2.24) is 4.98 Å². The molecule has 2 heterocycles. The first kappa shape index (κ1) is 22.3. The summed E-state index contributed by atoms with van der Waals surface area (Å²) in [5, 5.41) is 22.9. The molecule has 1 amide bonds. The minimum atomic E-state index is -0.957. The number of phenols is 1. The van der Waals surface area contributed by atoms with Crippen LogP contribution in [0.4, 0.5) is 5.69 Å². The number of rotatable bonds is 4. The topological polar surface area (TPSA) is 103 Å². The Morgan fingerprint density at radius 1 is 1.00 bits per heavy atom. The molecule has 1 atom stereocenters. The summed E-state index contributed by atoms with van der Waals surface area (Å²) in [6.45, 7) is 3.64. The number of phenolic OH excluding ortho intramolecular Hbond substituents is 1. The van der Waals surface area contributed by atoms with Gasteiger partial charge in [0, 0.05) is 28.2 Å². The standard InChI is InChI=1S/C28H24N2O5/c1-15-13-23(35-3)16(2)12-18(15)26(32)24-25(19-14-29-20-9-5-4-8-17(19)20)30(28(34)27(24)33)21-10-6-7-11-22(21)31/h4-14,25,29,31-32H,1-3H3/b26-24+. The monoisotopic (exact) mass is 468 g/mol. The zero-order chi connectivity index (χ0) is 24.9. The van der Waals surface area contributed by atoms with E-state index >= 15 is 0 Å². The number of aliphatic hydroxyl groups is 1. The fourth-order valence-corrected chi connectivity index (χ4v) is 4.77. The van der Waals surface area contributed by atoms with E-state index in [-0.39, 0.29) is 22.8 Å². The van der Waals surface area contributed by atoms with Crippen LogP contribution < -0.4 is 9.64 Å². The molecule has 4 aromatic rings. The first-order chi connectivity index (χ1) is 16.8. The SMILES string of the molecule is COc1cc(C)c(/C(O)=C2\C(=O)C(=O)N(c3ccccc3O)C2c2c[nH]c3ccccc23)cc1C. The molecule has 1 aromatic heterocycles. The smallest absolute Gasteiger partial charge is 0.300 e. The number of aromatic hydroxyl groups is 1. The number of hydrogen-bond acceptors (Lipinski definition) is 5.